The van der Waals surface area contributed by atoms with Crippen LogP contribution in [0.1, 0.15) is 41.1 Å². The number of aryl methyl sites for hydroxylation is 3. The van der Waals surface area contributed by atoms with Crippen LogP contribution in [0.4, 0.5) is 11.4 Å². The monoisotopic (exact) mass is 423 g/mol. The lowest BCUT2D eigenvalue weighted by Gasteiger charge is -2.26. The van der Waals surface area contributed by atoms with Gasteiger partial charge in [-0.15, -0.1) is 0 Å². The Morgan fingerprint density at radius 1 is 0.968 bits per heavy atom. The van der Waals surface area contributed by atoms with E-state index in [1.54, 1.807) is 0 Å². The SMILES string of the molecule is Cc1cc(C)c(NC(=O)C(=O)NC[C@H](c2ccc(N(C)C)cc2)[NH+]2CCCC2)c(C)c1. The van der Waals surface area contributed by atoms with Crippen molar-refractivity contribution in [2.45, 2.75) is 39.7 Å². The van der Waals surface area contributed by atoms with E-state index in [0.29, 0.717) is 12.2 Å². The van der Waals surface area contributed by atoms with Gasteiger partial charge >= 0.3 is 11.8 Å². The molecule has 1 fully saturated rings. The van der Waals surface area contributed by atoms with Crippen molar-refractivity contribution in [2.24, 2.45) is 0 Å². The number of hydrogen-bond acceptors (Lipinski definition) is 3. The molecular formula is C25H35N4O2+. The van der Waals surface area contributed by atoms with E-state index in [-0.39, 0.29) is 6.04 Å². The average molecular weight is 424 g/mol. The zero-order chi connectivity index (χ0) is 22.5. The molecule has 1 atom stereocenters. The third-order valence-electron chi connectivity index (χ3n) is 6.14. The molecule has 0 spiro atoms. The molecule has 1 aliphatic heterocycles. The van der Waals surface area contributed by atoms with Gasteiger partial charge in [0.05, 0.1) is 19.6 Å². The van der Waals surface area contributed by atoms with Gasteiger partial charge < -0.3 is 20.4 Å². The Hall–Kier alpha value is -2.86. The van der Waals surface area contributed by atoms with Gasteiger partial charge in [0, 0.05) is 43.9 Å². The average Bonchev–Trinajstić information content (AvgIpc) is 3.25. The number of hydrogen-bond donors (Lipinski definition) is 3. The molecule has 3 rings (SSSR count). The summed E-state index contributed by atoms with van der Waals surface area (Å²) < 4.78 is 0. The van der Waals surface area contributed by atoms with Crippen molar-refractivity contribution >= 4 is 23.2 Å². The molecule has 2 aromatic rings. The lowest BCUT2D eigenvalue weighted by atomic mass is 10.0. The fourth-order valence-electron chi connectivity index (χ4n) is 4.50. The number of likely N-dealkylation sites (tertiary alicyclic amines) is 1. The van der Waals surface area contributed by atoms with Crippen molar-refractivity contribution in [3.63, 3.8) is 0 Å². The highest BCUT2D eigenvalue weighted by Crippen LogP contribution is 2.22. The first-order chi connectivity index (χ1) is 14.8. The van der Waals surface area contributed by atoms with E-state index in [4.69, 9.17) is 0 Å². The lowest BCUT2D eigenvalue weighted by molar-refractivity contribution is -0.918. The number of carbonyl (C=O) groups is 2. The van der Waals surface area contributed by atoms with Gasteiger partial charge in [0.2, 0.25) is 0 Å². The minimum absolute atomic E-state index is 0.137. The molecule has 31 heavy (non-hydrogen) atoms. The van der Waals surface area contributed by atoms with Crippen LogP contribution in [0, 0.1) is 20.8 Å². The molecule has 0 radical (unpaired) electrons. The molecule has 2 amide bonds. The van der Waals surface area contributed by atoms with Crippen molar-refractivity contribution in [2.75, 3.05) is 43.9 Å². The first kappa shape index (κ1) is 22.8. The Balaban J connectivity index is 1.68. The largest absolute Gasteiger partial charge is 0.378 e. The quantitative estimate of drug-likeness (QED) is 0.624. The standard InChI is InChI=1S/C25H34N4O2/c1-17-14-18(2)23(19(3)15-17)27-25(31)24(30)26-16-22(29-12-6-7-13-29)20-8-10-21(11-9-20)28(4)5/h8-11,14-15,22H,6-7,12-13,16H2,1-5H3,(H,26,30)(H,27,31)/p+1/t22-/m1/s1. The molecule has 6 nitrogen and oxygen atoms in total. The highest BCUT2D eigenvalue weighted by molar-refractivity contribution is 6.39. The number of nitrogens with one attached hydrogen (secondary N) is 3. The first-order valence-corrected chi connectivity index (χ1v) is 11.0. The molecule has 0 bridgehead atoms. The zero-order valence-electron chi connectivity index (χ0n) is 19.3. The van der Waals surface area contributed by atoms with E-state index in [1.807, 2.05) is 47.0 Å². The second kappa shape index (κ2) is 9.96. The summed E-state index contributed by atoms with van der Waals surface area (Å²) in [6.07, 6.45) is 2.39. The number of nitrogens with zero attached hydrogens (tertiary/aromatic N) is 1. The normalized spacial score (nSPS) is 14.9. The third-order valence-corrected chi connectivity index (χ3v) is 6.14. The van der Waals surface area contributed by atoms with Crippen LogP contribution in [0.3, 0.4) is 0 Å². The minimum Gasteiger partial charge on any atom is -0.378 e. The summed E-state index contributed by atoms with van der Waals surface area (Å²) in [7, 11) is 4.04. The van der Waals surface area contributed by atoms with Gasteiger partial charge in [0.15, 0.2) is 0 Å². The molecule has 1 saturated heterocycles. The van der Waals surface area contributed by atoms with Crippen molar-refractivity contribution in [1.82, 2.24) is 5.32 Å². The molecule has 1 aliphatic rings. The van der Waals surface area contributed by atoms with Crippen LogP contribution < -0.4 is 20.4 Å². The lowest BCUT2D eigenvalue weighted by Crippen LogP contribution is -3.11. The molecule has 2 aromatic carbocycles. The second-order valence-electron chi connectivity index (χ2n) is 8.84. The molecule has 0 saturated carbocycles. The fourth-order valence-corrected chi connectivity index (χ4v) is 4.50. The van der Waals surface area contributed by atoms with Crippen molar-refractivity contribution in [3.05, 3.63) is 58.7 Å². The van der Waals surface area contributed by atoms with Crippen molar-refractivity contribution in [3.8, 4) is 0 Å². The van der Waals surface area contributed by atoms with E-state index < -0.39 is 11.8 Å². The number of quaternary nitrogens is 1. The van der Waals surface area contributed by atoms with E-state index in [9.17, 15) is 9.59 Å². The maximum Gasteiger partial charge on any atom is 0.313 e. The van der Waals surface area contributed by atoms with Gasteiger partial charge in [-0.2, -0.15) is 0 Å². The molecule has 6 heteroatoms. The summed E-state index contributed by atoms with van der Waals surface area (Å²) in [6, 6.07) is 12.6. The summed E-state index contributed by atoms with van der Waals surface area (Å²) in [5.41, 5.74) is 6.10. The van der Waals surface area contributed by atoms with Crippen LogP contribution in [0.15, 0.2) is 36.4 Å². The highest BCUT2D eigenvalue weighted by Gasteiger charge is 2.28. The number of amides is 2. The Morgan fingerprint density at radius 3 is 2.10 bits per heavy atom. The summed E-state index contributed by atoms with van der Waals surface area (Å²) in [5.74, 6) is -1.21. The topological polar surface area (TPSA) is 65.9 Å². The summed E-state index contributed by atoms with van der Waals surface area (Å²) >= 11 is 0. The van der Waals surface area contributed by atoms with Gasteiger partial charge in [0.25, 0.3) is 0 Å². The van der Waals surface area contributed by atoms with Crippen LogP contribution >= 0.6 is 0 Å². The molecule has 166 valence electrons. The summed E-state index contributed by atoms with van der Waals surface area (Å²) in [4.78, 5) is 28.7. The van der Waals surface area contributed by atoms with Gasteiger partial charge in [-0.05, 0) is 44.0 Å². The minimum atomic E-state index is -0.617. The van der Waals surface area contributed by atoms with E-state index in [1.165, 1.54) is 23.3 Å². The first-order valence-electron chi connectivity index (χ1n) is 11.0. The maximum atomic E-state index is 12.6. The van der Waals surface area contributed by atoms with Gasteiger partial charge in [0.1, 0.15) is 6.04 Å². The molecule has 1 heterocycles. The van der Waals surface area contributed by atoms with Gasteiger partial charge in [-0.3, -0.25) is 9.59 Å². The summed E-state index contributed by atoms with van der Waals surface area (Å²) in [5, 5.41) is 5.68. The maximum absolute atomic E-state index is 12.6. The fraction of sp³-hybridized carbons (Fsp3) is 0.440. The molecule has 0 aromatic heterocycles. The van der Waals surface area contributed by atoms with Gasteiger partial charge in [-0.1, -0.05) is 29.8 Å². The number of anilines is 2. The van der Waals surface area contributed by atoms with E-state index >= 15 is 0 Å². The smallest absolute Gasteiger partial charge is 0.313 e. The Kier molecular flexibility index (Phi) is 7.33. The third kappa shape index (κ3) is 5.64. The Bertz CT molecular complexity index is 908. The van der Waals surface area contributed by atoms with E-state index in [0.717, 1.165) is 35.5 Å². The van der Waals surface area contributed by atoms with Crippen LogP contribution in [0.2, 0.25) is 0 Å². The van der Waals surface area contributed by atoms with Crippen molar-refractivity contribution in [1.29, 1.82) is 0 Å². The Labute approximate surface area is 185 Å². The second-order valence-corrected chi connectivity index (χ2v) is 8.84. The van der Waals surface area contributed by atoms with E-state index in [2.05, 4.69) is 39.8 Å². The highest BCUT2D eigenvalue weighted by atomic mass is 16.2. The van der Waals surface area contributed by atoms with Crippen LogP contribution in [-0.2, 0) is 9.59 Å². The molecule has 0 aliphatic carbocycles. The molecular weight excluding hydrogens is 388 g/mol. The predicted molar refractivity (Wildman–Crippen MR) is 126 cm³/mol. The van der Waals surface area contributed by atoms with Crippen LogP contribution in [0.5, 0.6) is 0 Å². The van der Waals surface area contributed by atoms with Crippen LogP contribution in [-0.4, -0.2) is 45.5 Å². The number of carbonyl (C=O) groups excluding carboxylic acids is 2. The van der Waals surface area contributed by atoms with Gasteiger partial charge in [-0.25, -0.2) is 0 Å². The molecule has 0 unspecified atom stereocenters. The number of benzene rings is 2. The Morgan fingerprint density at radius 2 is 1.55 bits per heavy atom. The number of rotatable bonds is 6. The zero-order valence-corrected chi connectivity index (χ0v) is 19.3. The molecule has 3 N–H and O–H groups in total. The predicted octanol–water partition coefficient (Wildman–Crippen LogP) is 2.15. The van der Waals surface area contributed by atoms with Crippen molar-refractivity contribution < 1.29 is 14.5 Å². The summed E-state index contributed by atoms with van der Waals surface area (Å²) in [6.45, 7) is 8.52. The van der Waals surface area contributed by atoms with Crippen LogP contribution in [0.25, 0.3) is 0 Å².